The first kappa shape index (κ1) is 18.8. The Labute approximate surface area is 186 Å². The van der Waals surface area contributed by atoms with Crippen LogP contribution in [0.2, 0.25) is 0 Å². The molecule has 8 heteroatoms. The molecule has 1 N–H and O–H groups in total. The molecule has 0 amide bonds. The first-order valence-corrected chi connectivity index (χ1v) is 11.1. The van der Waals surface area contributed by atoms with Crippen molar-refractivity contribution in [1.29, 1.82) is 0 Å². The second kappa shape index (κ2) is 7.65. The van der Waals surface area contributed by atoms with Crippen LogP contribution in [0, 0.1) is 0 Å². The standard InChI is InChI=1S/C24H18N4O3S/c29-27-20-9-23(21-10-24-15(11-26-21)5-7-32-24)31-22-4-3-17(8-19(20)22)30-18-13-28(14-18)16-2-1-6-25-12-16/h1-12,18,29H,13-14H2/b27-20+. The molecular formula is C24H18N4O3S. The third-order valence-electron chi connectivity index (χ3n) is 5.57. The molecular weight excluding hydrogens is 424 g/mol. The molecule has 1 aliphatic rings. The van der Waals surface area contributed by atoms with E-state index in [-0.39, 0.29) is 6.10 Å². The highest BCUT2D eigenvalue weighted by Crippen LogP contribution is 2.29. The van der Waals surface area contributed by atoms with Crippen molar-refractivity contribution in [3.8, 4) is 17.2 Å². The van der Waals surface area contributed by atoms with E-state index in [4.69, 9.17) is 9.15 Å². The summed E-state index contributed by atoms with van der Waals surface area (Å²) in [7, 11) is 0. The van der Waals surface area contributed by atoms with Gasteiger partial charge in [0.2, 0.25) is 0 Å². The van der Waals surface area contributed by atoms with E-state index < -0.39 is 0 Å². The van der Waals surface area contributed by atoms with Gasteiger partial charge >= 0.3 is 0 Å². The second-order valence-electron chi connectivity index (χ2n) is 7.64. The quantitative estimate of drug-likeness (QED) is 0.322. The summed E-state index contributed by atoms with van der Waals surface area (Å²) in [5.74, 6) is 1.25. The summed E-state index contributed by atoms with van der Waals surface area (Å²) in [6.07, 6.45) is 5.52. The van der Waals surface area contributed by atoms with E-state index >= 15 is 0 Å². The molecule has 7 nitrogen and oxygen atoms in total. The van der Waals surface area contributed by atoms with Crippen molar-refractivity contribution < 1.29 is 14.4 Å². The van der Waals surface area contributed by atoms with E-state index in [1.165, 1.54) is 0 Å². The largest absolute Gasteiger partial charge is 0.487 e. The SMILES string of the molecule is O/N=c1\cc(-c2cc3sccc3cn2)oc2ccc(OC3CN(c4cccnc4)C3)cc12. The number of pyridine rings is 2. The molecule has 0 spiro atoms. The molecule has 158 valence electrons. The molecule has 5 aromatic rings. The summed E-state index contributed by atoms with van der Waals surface area (Å²) in [5, 5.41) is 17.3. The summed E-state index contributed by atoms with van der Waals surface area (Å²) in [6, 6.07) is 15.2. The van der Waals surface area contributed by atoms with Crippen LogP contribution >= 0.6 is 11.3 Å². The minimum atomic E-state index is 0.0834. The topological polar surface area (TPSA) is 84.0 Å². The Bertz CT molecular complexity index is 1490. The monoisotopic (exact) mass is 442 g/mol. The summed E-state index contributed by atoms with van der Waals surface area (Å²) in [6.45, 7) is 1.59. The molecule has 6 rings (SSSR count). The zero-order valence-electron chi connectivity index (χ0n) is 16.9. The van der Waals surface area contributed by atoms with E-state index in [2.05, 4.69) is 20.0 Å². The van der Waals surface area contributed by atoms with Crippen LogP contribution in [-0.2, 0) is 0 Å². The molecule has 0 saturated carbocycles. The summed E-state index contributed by atoms with van der Waals surface area (Å²) in [5.41, 5.74) is 2.38. The van der Waals surface area contributed by atoms with Crippen LogP contribution in [0.4, 0.5) is 5.69 Å². The van der Waals surface area contributed by atoms with Crippen molar-refractivity contribution in [1.82, 2.24) is 9.97 Å². The number of benzene rings is 1. The van der Waals surface area contributed by atoms with E-state index in [0.29, 0.717) is 33.5 Å². The lowest BCUT2D eigenvalue weighted by molar-refractivity contribution is 0.167. The van der Waals surface area contributed by atoms with Crippen molar-refractivity contribution in [3.05, 3.63) is 77.9 Å². The van der Waals surface area contributed by atoms with Crippen LogP contribution in [0.15, 0.2) is 82.1 Å². The van der Waals surface area contributed by atoms with Gasteiger partial charge in [0.05, 0.1) is 30.4 Å². The molecule has 1 fully saturated rings. The minimum Gasteiger partial charge on any atom is -0.487 e. The lowest BCUT2D eigenvalue weighted by Gasteiger charge is -2.40. The fourth-order valence-corrected chi connectivity index (χ4v) is 4.67. The highest BCUT2D eigenvalue weighted by atomic mass is 32.1. The van der Waals surface area contributed by atoms with Crippen LogP contribution in [0.3, 0.4) is 0 Å². The molecule has 1 saturated heterocycles. The number of hydrogen-bond acceptors (Lipinski definition) is 8. The molecule has 1 aromatic carbocycles. The van der Waals surface area contributed by atoms with Gasteiger partial charge in [0.25, 0.3) is 0 Å². The molecule has 1 aliphatic heterocycles. The average molecular weight is 443 g/mol. The Kier molecular flexibility index (Phi) is 4.50. The fraction of sp³-hybridized carbons (Fsp3) is 0.125. The zero-order chi connectivity index (χ0) is 21.5. The van der Waals surface area contributed by atoms with Crippen LogP contribution in [-0.4, -0.2) is 34.4 Å². The lowest BCUT2D eigenvalue weighted by atomic mass is 10.1. The number of anilines is 1. The summed E-state index contributed by atoms with van der Waals surface area (Å²) < 4.78 is 13.3. The molecule has 32 heavy (non-hydrogen) atoms. The molecule has 0 unspecified atom stereocenters. The maximum absolute atomic E-state index is 9.65. The van der Waals surface area contributed by atoms with Gasteiger partial charge in [-0.3, -0.25) is 9.97 Å². The predicted molar refractivity (Wildman–Crippen MR) is 123 cm³/mol. The van der Waals surface area contributed by atoms with Gasteiger partial charge in [0.1, 0.15) is 28.5 Å². The smallest absolute Gasteiger partial charge is 0.155 e. The van der Waals surface area contributed by atoms with Gasteiger partial charge in [0.15, 0.2) is 5.76 Å². The number of rotatable bonds is 4. The maximum atomic E-state index is 9.65. The summed E-state index contributed by atoms with van der Waals surface area (Å²) in [4.78, 5) is 10.9. The number of nitrogens with zero attached hydrogens (tertiary/aromatic N) is 4. The number of fused-ring (bicyclic) bond motifs is 2. The Morgan fingerprint density at radius 1 is 1.12 bits per heavy atom. The van der Waals surface area contributed by atoms with E-state index in [0.717, 1.165) is 28.9 Å². The van der Waals surface area contributed by atoms with Crippen LogP contribution in [0.25, 0.3) is 32.5 Å². The van der Waals surface area contributed by atoms with Gasteiger partial charge in [-0.05, 0) is 47.8 Å². The Morgan fingerprint density at radius 3 is 2.91 bits per heavy atom. The fourth-order valence-electron chi connectivity index (χ4n) is 3.88. The number of ether oxygens (including phenoxy) is 1. The van der Waals surface area contributed by atoms with Crippen LogP contribution < -0.4 is 15.0 Å². The van der Waals surface area contributed by atoms with E-state index in [1.807, 2.05) is 60.2 Å². The van der Waals surface area contributed by atoms with Crippen molar-refractivity contribution in [2.24, 2.45) is 5.16 Å². The van der Waals surface area contributed by atoms with E-state index in [1.54, 1.807) is 23.6 Å². The number of hydrogen-bond donors (Lipinski definition) is 1. The zero-order valence-corrected chi connectivity index (χ0v) is 17.7. The highest BCUT2D eigenvalue weighted by molar-refractivity contribution is 7.17. The van der Waals surface area contributed by atoms with Gasteiger partial charge in [-0.1, -0.05) is 5.16 Å². The van der Waals surface area contributed by atoms with Crippen LogP contribution in [0.5, 0.6) is 5.75 Å². The molecule has 5 heterocycles. The van der Waals surface area contributed by atoms with Crippen molar-refractivity contribution >= 4 is 38.1 Å². The molecule has 4 aromatic heterocycles. The normalized spacial score (nSPS) is 14.8. The summed E-state index contributed by atoms with van der Waals surface area (Å²) >= 11 is 1.65. The molecule has 0 bridgehead atoms. The first-order valence-electron chi connectivity index (χ1n) is 10.2. The van der Waals surface area contributed by atoms with E-state index in [9.17, 15) is 5.21 Å². The Hall–Kier alpha value is -3.91. The van der Waals surface area contributed by atoms with Crippen molar-refractivity contribution in [2.45, 2.75) is 6.10 Å². The third kappa shape index (κ3) is 3.34. The molecule has 0 radical (unpaired) electrons. The minimum absolute atomic E-state index is 0.0834. The molecule has 0 atom stereocenters. The number of aromatic nitrogens is 2. The Balaban J connectivity index is 1.27. The van der Waals surface area contributed by atoms with Gasteiger partial charge in [-0.15, -0.1) is 11.3 Å². The maximum Gasteiger partial charge on any atom is 0.155 e. The average Bonchev–Trinajstić information content (AvgIpc) is 3.29. The number of thiophene rings is 1. The van der Waals surface area contributed by atoms with Gasteiger partial charge in [-0.2, -0.15) is 0 Å². The second-order valence-corrected chi connectivity index (χ2v) is 8.59. The van der Waals surface area contributed by atoms with Gasteiger partial charge < -0.3 is 19.3 Å². The Morgan fingerprint density at radius 2 is 2.06 bits per heavy atom. The van der Waals surface area contributed by atoms with Crippen LogP contribution in [0.1, 0.15) is 0 Å². The lowest BCUT2D eigenvalue weighted by Crippen LogP contribution is -2.54. The third-order valence-corrected chi connectivity index (χ3v) is 6.45. The van der Waals surface area contributed by atoms with Crippen molar-refractivity contribution in [3.63, 3.8) is 0 Å². The van der Waals surface area contributed by atoms with Crippen molar-refractivity contribution in [2.75, 3.05) is 18.0 Å². The van der Waals surface area contributed by atoms with Gasteiger partial charge in [0, 0.05) is 28.5 Å². The molecule has 0 aliphatic carbocycles. The predicted octanol–water partition coefficient (Wildman–Crippen LogP) is 4.66. The highest BCUT2D eigenvalue weighted by Gasteiger charge is 2.28. The first-order chi connectivity index (χ1) is 15.8. The van der Waals surface area contributed by atoms with Gasteiger partial charge in [-0.25, -0.2) is 0 Å².